The second kappa shape index (κ2) is 8.38. The third-order valence-corrected chi connectivity index (χ3v) is 4.34. The van der Waals surface area contributed by atoms with Crippen LogP contribution in [0.1, 0.15) is 30.0 Å². The Balaban J connectivity index is 2.02. The fraction of sp³-hybridized carbons (Fsp3) is 0.588. The van der Waals surface area contributed by atoms with Gasteiger partial charge in [-0.25, -0.2) is 4.39 Å². The summed E-state index contributed by atoms with van der Waals surface area (Å²) in [5.74, 6) is -1.47. The molecule has 1 fully saturated rings. The van der Waals surface area contributed by atoms with E-state index in [-0.39, 0.29) is 12.2 Å². The van der Waals surface area contributed by atoms with Gasteiger partial charge in [0, 0.05) is 38.3 Å². The Labute approximate surface area is 136 Å². The van der Waals surface area contributed by atoms with E-state index in [1.54, 1.807) is 19.1 Å². The van der Waals surface area contributed by atoms with Crippen molar-refractivity contribution in [3.8, 4) is 0 Å². The van der Waals surface area contributed by atoms with Crippen molar-refractivity contribution in [1.82, 2.24) is 9.80 Å². The van der Waals surface area contributed by atoms with Crippen LogP contribution in [-0.2, 0) is 4.79 Å². The number of piperazine rings is 1. The van der Waals surface area contributed by atoms with Crippen molar-refractivity contribution in [3.05, 3.63) is 35.1 Å². The highest BCUT2D eigenvalue weighted by Gasteiger charge is 2.32. The number of carbonyl (C=O) groups is 1. The number of rotatable bonds is 7. The molecule has 0 aliphatic carbocycles. The SMILES string of the molecule is Cc1ccc(C(C(=O)O)N2CCN(CCCCO)CC2)c(F)c1. The smallest absolute Gasteiger partial charge is 0.325 e. The summed E-state index contributed by atoms with van der Waals surface area (Å²) in [4.78, 5) is 15.8. The number of nitrogens with zero attached hydrogens (tertiary/aromatic N) is 2. The van der Waals surface area contributed by atoms with Crippen LogP contribution in [0.15, 0.2) is 18.2 Å². The van der Waals surface area contributed by atoms with Gasteiger partial charge in [-0.15, -0.1) is 0 Å². The first-order chi connectivity index (χ1) is 11.0. The van der Waals surface area contributed by atoms with Gasteiger partial charge in [0.1, 0.15) is 11.9 Å². The molecule has 128 valence electrons. The first-order valence-corrected chi connectivity index (χ1v) is 8.09. The Kier molecular flexibility index (Phi) is 6.50. The molecule has 1 aromatic rings. The van der Waals surface area contributed by atoms with E-state index in [0.717, 1.165) is 38.0 Å². The monoisotopic (exact) mass is 324 g/mol. The van der Waals surface area contributed by atoms with Gasteiger partial charge in [0.15, 0.2) is 0 Å². The highest BCUT2D eigenvalue weighted by Crippen LogP contribution is 2.25. The van der Waals surface area contributed by atoms with Crippen LogP contribution < -0.4 is 0 Å². The number of aliphatic hydroxyl groups excluding tert-OH is 1. The van der Waals surface area contributed by atoms with Crippen LogP contribution in [-0.4, -0.2) is 65.3 Å². The number of benzene rings is 1. The van der Waals surface area contributed by atoms with Crippen LogP contribution in [0.2, 0.25) is 0 Å². The average molecular weight is 324 g/mol. The van der Waals surface area contributed by atoms with Gasteiger partial charge >= 0.3 is 5.97 Å². The summed E-state index contributed by atoms with van der Waals surface area (Å²) >= 11 is 0. The van der Waals surface area contributed by atoms with Crippen LogP contribution in [0.25, 0.3) is 0 Å². The Morgan fingerprint density at radius 3 is 2.52 bits per heavy atom. The Morgan fingerprint density at radius 1 is 1.26 bits per heavy atom. The second-order valence-corrected chi connectivity index (χ2v) is 6.07. The molecule has 23 heavy (non-hydrogen) atoms. The zero-order valence-corrected chi connectivity index (χ0v) is 13.5. The van der Waals surface area contributed by atoms with E-state index in [2.05, 4.69) is 4.90 Å². The minimum atomic E-state index is -1.01. The number of aryl methyl sites for hydroxylation is 1. The number of aliphatic carboxylic acids is 1. The fourth-order valence-corrected chi connectivity index (χ4v) is 3.03. The Hall–Kier alpha value is -1.50. The molecular weight excluding hydrogens is 299 g/mol. The molecule has 0 spiro atoms. The van der Waals surface area contributed by atoms with Gasteiger partial charge in [0.25, 0.3) is 0 Å². The Bertz CT molecular complexity index is 531. The third-order valence-electron chi connectivity index (χ3n) is 4.34. The molecule has 0 aromatic heterocycles. The lowest BCUT2D eigenvalue weighted by Crippen LogP contribution is -2.49. The summed E-state index contributed by atoms with van der Waals surface area (Å²) in [6.07, 6.45) is 1.72. The van der Waals surface area contributed by atoms with E-state index in [0.29, 0.717) is 13.1 Å². The van der Waals surface area contributed by atoms with Crippen molar-refractivity contribution in [2.24, 2.45) is 0 Å². The molecule has 5 nitrogen and oxygen atoms in total. The summed E-state index contributed by atoms with van der Waals surface area (Å²) < 4.78 is 14.2. The van der Waals surface area contributed by atoms with Crippen molar-refractivity contribution in [2.75, 3.05) is 39.3 Å². The van der Waals surface area contributed by atoms with Crippen molar-refractivity contribution >= 4 is 5.97 Å². The van der Waals surface area contributed by atoms with Gasteiger partial charge in [-0.2, -0.15) is 0 Å². The zero-order chi connectivity index (χ0) is 16.8. The summed E-state index contributed by atoms with van der Waals surface area (Å²) in [6.45, 7) is 5.63. The van der Waals surface area contributed by atoms with Crippen LogP contribution >= 0.6 is 0 Å². The van der Waals surface area contributed by atoms with E-state index < -0.39 is 17.8 Å². The van der Waals surface area contributed by atoms with E-state index in [4.69, 9.17) is 5.11 Å². The molecule has 0 saturated carbocycles. The molecule has 1 saturated heterocycles. The maximum atomic E-state index is 14.2. The molecule has 2 rings (SSSR count). The van der Waals surface area contributed by atoms with E-state index in [1.807, 2.05) is 4.90 Å². The maximum Gasteiger partial charge on any atom is 0.325 e. The number of hydrogen-bond donors (Lipinski definition) is 2. The van der Waals surface area contributed by atoms with E-state index in [1.165, 1.54) is 6.07 Å². The van der Waals surface area contributed by atoms with Gasteiger partial charge < -0.3 is 15.1 Å². The zero-order valence-electron chi connectivity index (χ0n) is 13.5. The lowest BCUT2D eigenvalue weighted by molar-refractivity contribution is -0.144. The molecule has 1 unspecified atom stereocenters. The molecule has 0 radical (unpaired) electrons. The minimum absolute atomic E-state index is 0.202. The third kappa shape index (κ3) is 4.73. The van der Waals surface area contributed by atoms with Gasteiger partial charge in [0.05, 0.1) is 0 Å². The molecule has 1 aromatic carbocycles. The Morgan fingerprint density at radius 2 is 1.96 bits per heavy atom. The highest BCUT2D eigenvalue weighted by molar-refractivity contribution is 5.75. The predicted octanol–water partition coefficient (Wildman–Crippen LogP) is 1.65. The first-order valence-electron chi connectivity index (χ1n) is 8.09. The van der Waals surface area contributed by atoms with E-state index in [9.17, 15) is 14.3 Å². The molecule has 1 aliphatic rings. The average Bonchev–Trinajstić information content (AvgIpc) is 2.51. The van der Waals surface area contributed by atoms with Crippen LogP contribution in [0, 0.1) is 12.7 Å². The number of hydrogen-bond acceptors (Lipinski definition) is 4. The number of unbranched alkanes of at least 4 members (excludes halogenated alkanes) is 1. The van der Waals surface area contributed by atoms with Crippen molar-refractivity contribution in [1.29, 1.82) is 0 Å². The van der Waals surface area contributed by atoms with Crippen LogP contribution in [0.5, 0.6) is 0 Å². The molecule has 0 amide bonds. The summed E-state index contributed by atoms with van der Waals surface area (Å²) in [6, 6.07) is 3.78. The van der Waals surface area contributed by atoms with Gasteiger partial charge in [-0.1, -0.05) is 12.1 Å². The summed E-state index contributed by atoms with van der Waals surface area (Å²) in [5, 5.41) is 18.4. The maximum absolute atomic E-state index is 14.2. The van der Waals surface area contributed by atoms with Crippen molar-refractivity contribution in [3.63, 3.8) is 0 Å². The number of aliphatic hydroxyl groups is 1. The highest BCUT2D eigenvalue weighted by atomic mass is 19.1. The van der Waals surface area contributed by atoms with Crippen molar-refractivity contribution < 1.29 is 19.4 Å². The first kappa shape index (κ1) is 17.8. The molecule has 1 aliphatic heterocycles. The van der Waals surface area contributed by atoms with Gasteiger partial charge in [-0.05, 0) is 37.9 Å². The normalized spacial score (nSPS) is 18.0. The quantitative estimate of drug-likeness (QED) is 0.747. The summed E-state index contributed by atoms with van der Waals surface area (Å²) in [7, 11) is 0. The topological polar surface area (TPSA) is 64.0 Å². The fourth-order valence-electron chi connectivity index (χ4n) is 3.03. The molecule has 1 heterocycles. The molecule has 0 bridgehead atoms. The second-order valence-electron chi connectivity index (χ2n) is 6.07. The minimum Gasteiger partial charge on any atom is -0.480 e. The lowest BCUT2D eigenvalue weighted by Gasteiger charge is -2.37. The molecule has 1 atom stereocenters. The number of halogens is 1. The predicted molar refractivity (Wildman–Crippen MR) is 85.8 cm³/mol. The number of carboxylic acid groups (broad SMARTS) is 1. The van der Waals surface area contributed by atoms with Gasteiger partial charge in [0.2, 0.25) is 0 Å². The molecule has 2 N–H and O–H groups in total. The molecular formula is C17H25FN2O3. The van der Waals surface area contributed by atoms with Crippen LogP contribution in [0.4, 0.5) is 4.39 Å². The summed E-state index contributed by atoms with van der Waals surface area (Å²) in [5.41, 5.74) is 1.01. The largest absolute Gasteiger partial charge is 0.480 e. The molecule has 6 heteroatoms. The van der Waals surface area contributed by atoms with E-state index >= 15 is 0 Å². The van der Waals surface area contributed by atoms with Gasteiger partial charge in [-0.3, -0.25) is 9.69 Å². The lowest BCUT2D eigenvalue weighted by atomic mass is 10.0. The van der Waals surface area contributed by atoms with Crippen molar-refractivity contribution in [2.45, 2.75) is 25.8 Å². The van der Waals surface area contributed by atoms with Crippen LogP contribution in [0.3, 0.4) is 0 Å². The standard InChI is InChI=1S/C17H25FN2O3/c1-13-4-5-14(15(18)12-13)16(17(22)23)20-9-7-19(8-10-20)6-2-3-11-21/h4-5,12,16,21H,2-3,6-11H2,1H3,(H,22,23). The number of carboxylic acids is 1.